The van der Waals surface area contributed by atoms with Crippen LogP contribution in [0.2, 0.25) is 0 Å². The van der Waals surface area contributed by atoms with Gasteiger partial charge in [0.05, 0.1) is 6.42 Å². The average molecular weight is 313 g/mol. The molecule has 0 aromatic heterocycles. The molecule has 1 fully saturated rings. The molecule has 0 aliphatic carbocycles. The van der Waals surface area contributed by atoms with E-state index in [4.69, 9.17) is 0 Å². The van der Waals surface area contributed by atoms with E-state index in [1.165, 1.54) is 0 Å². The van der Waals surface area contributed by atoms with Crippen molar-refractivity contribution in [3.63, 3.8) is 0 Å². The van der Waals surface area contributed by atoms with Gasteiger partial charge in [-0.15, -0.1) is 5.06 Å². The summed E-state index contributed by atoms with van der Waals surface area (Å²) in [6.45, 7) is 1.95. The maximum Gasteiger partial charge on any atom is 0.334 e. The van der Waals surface area contributed by atoms with E-state index >= 15 is 0 Å². The maximum absolute atomic E-state index is 11.4. The second kappa shape index (κ2) is 8.75. The number of nitrogens with zero attached hydrogens (tertiary/aromatic N) is 1. The molecule has 0 unspecified atom stereocenters. The molecule has 0 aromatic rings. The summed E-state index contributed by atoms with van der Waals surface area (Å²) < 4.78 is 0. The summed E-state index contributed by atoms with van der Waals surface area (Å²) in [4.78, 5) is 60.9. The minimum Gasteiger partial charge on any atom is -0.356 e. The zero-order valence-corrected chi connectivity index (χ0v) is 12.3. The number of carbonyl (C=O) groups is 5. The summed E-state index contributed by atoms with van der Waals surface area (Å²) in [5.41, 5.74) is 0. The molecule has 0 radical (unpaired) electrons. The fraction of sp³-hybridized carbons (Fsp3) is 0.615. The lowest BCUT2D eigenvalue weighted by Gasteiger charge is -2.12. The van der Waals surface area contributed by atoms with E-state index < -0.39 is 17.8 Å². The molecular weight excluding hydrogens is 294 g/mol. The first kappa shape index (κ1) is 17.6. The van der Waals surface area contributed by atoms with Crippen LogP contribution in [0.15, 0.2) is 0 Å². The van der Waals surface area contributed by atoms with Crippen LogP contribution in [-0.4, -0.2) is 47.8 Å². The highest BCUT2D eigenvalue weighted by Crippen LogP contribution is 2.12. The van der Waals surface area contributed by atoms with Gasteiger partial charge in [0.1, 0.15) is 0 Å². The van der Waals surface area contributed by atoms with Crippen LogP contribution < -0.4 is 10.6 Å². The van der Waals surface area contributed by atoms with Crippen molar-refractivity contribution in [1.29, 1.82) is 0 Å². The van der Waals surface area contributed by atoms with Crippen molar-refractivity contribution in [2.24, 2.45) is 0 Å². The SMILES string of the molecule is CCC(=O)NCCC(=O)NCCC(=O)ON1C(=O)CCC1=O. The van der Waals surface area contributed by atoms with Crippen LogP contribution in [0.25, 0.3) is 0 Å². The van der Waals surface area contributed by atoms with E-state index in [1.807, 2.05) is 0 Å². The van der Waals surface area contributed by atoms with E-state index in [-0.39, 0.29) is 50.6 Å². The average Bonchev–Trinajstić information content (AvgIpc) is 2.79. The second-order valence-electron chi connectivity index (χ2n) is 4.60. The summed E-state index contributed by atoms with van der Waals surface area (Å²) in [5, 5.41) is 5.48. The molecule has 9 nitrogen and oxygen atoms in total. The molecule has 122 valence electrons. The highest BCUT2D eigenvalue weighted by molar-refractivity contribution is 6.01. The van der Waals surface area contributed by atoms with Crippen LogP contribution in [0, 0.1) is 0 Å². The van der Waals surface area contributed by atoms with Gasteiger partial charge in [-0.25, -0.2) is 4.79 Å². The van der Waals surface area contributed by atoms with Gasteiger partial charge in [0.15, 0.2) is 0 Å². The molecule has 0 aromatic carbocycles. The number of carbonyl (C=O) groups excluding carboxylic acids is 5. The Labute approximate surface area is 127 Å². The van der Waals surface area contributed by atoms with Crippen molar-refractivity contribution >= 4 is 29.6 Å². The quantitative estimate of drug-likeness (QED) is 0.555. The standard InChI is InChI=1S/C13H19N3O6/c1-2-9(17)14-7-5-10(18)15-8-6-13(21)22-16-11(19)3-4-12(16)20/h2-8H2,1H3,(H,14,17)(H,15,18). The van der Waals surface area contributed by atoms with Crippen LogP contribution in [-0.2, 0) is 28.8 Å². The van der Waals surface area contributed by atoms with Gasteiger partial charge < -0.3 is 15.5 Å². The van der Waals surface area contributed by atoms with Gasteiger partial charge in [0.25, 0.3) is 11.8 Å². The lowest BCUT2D eigenvalue weighted by atomic mass is 10.3. The molecule has 0 atom stereocenters. The summed E-state index contributed by atoms with van der Waals surface area (Å²) in [6.07, 6.45) is 0.355. The van der Waals surface area contributed by atoms with Gasteiger partial charge in [-0.1, -0.05) is 6.92 Å². The van der Waals surface area contributed by atoms with Gasteiger partial charge in [-0.3, -0.25) is 19.2 Å². The Morgan fingerprint density at radius 3 is 2.14 bits per heavy atom. The van der Waals surface area contributed by atoms with Gasteiger partial charge in [-0.05, 0) is 0 Å². The molecule has 9 heteroatoms. The van der Waals surface area contributed by atoms with Gasteiger partial charge in [-0.2, -0.15) is 0 Å². The van der Waals surface area contributed by atoms with Crippen LogP contribution in [0.1, 0.15) is 39.0 Å². The molecule has 1 aliphatic rings. The summed E-state index contributed by atoms with van der Waals surface area (Å²) in [7, 11) is 0. The Balaban J connectivity index is 2.14. The maximum atomic E-state index is 11.4. The molecule has 22 heavy (non-hydrogen) atoms. The number of amides is 4. The number of hydrogen-bond acceptors (Lipinski definition) is 6. The van der Waals surface area contributed by atoms with Gasteiger partial charge in [0, 0.05) is 38.8 Å². The molecular formula is C13H19N3O6. The molecule has 0 saturated carbocycles. The minimum absolute atomic E-state index is 0.0234. The summed E-state index contributed by atoms with van der Waals surface area (Å²) in [5.74, 6) is -2.33. The zero-order valence-electron chi connectivity index (χ0n) is 12.3. The molecule has 1 rings (SSSR count). The minimum atomic E-state index is -0.775. The first-order valence-corrected chi connectivity index (χ1v) is 7.04. The van der Waals surface area contributed by atoms with Gasteiger partial charge in [0.2, 0.25) is 11.8 Å². The largest absolute Gasteiger partial charge is 0.356 e. The van der Waals surface area contributed by atoms with E-state index in [9.17, 15) is 24.0 Å². The topological polar surface area (TPSA) is 122 Å². The summed E-state index contributed by atoms with van der Waals surface area (Å²) in [6, 6.07) is 0. The fourth-order valence-corrected chi connectivity index (χ4v) is 1.64. The molecule has 1 aliphatic heterocycles. The number of hydrogen-bond donors (Lipinski definition) is 2. The molecule has 4 amide bonds. The van der Waals surface area contributed by atoms with E-state index in [1.54, 1.807) is 6.92 Å². The van der Waals surface area contributed by atoms with Crippen molar-refractivity contribution in [3.05, 3.63) is 0 Å². The van der Waals surface area contributed by atoms with Crippen LogP contribution in [0.4, 0.5) is 0 Å². The van der Waals surface area contributed by atoms with E-state index in [0.717, 1.165) is 0 Å². The smallest absolute Gasteiger partial charge is 0.334 e. The Bertz CT molecular complexity index is 460. The summed E-state index contributed by atoms with van der Waals surface area (Å²) >= 11 is 0. The number of hydroxylamine groups is 2. The third kappa shape index (κ3) is 5.90. The van der Waals surface area contributed by atoms with Crippen molar-refractivity contribution in [3.8, 4) is 0 Å². The number of imide groups is 1. The molecule has 2 N–H and O–H groups in total. The predicted molar refractivity (Wildman–Crippen MR) is 72.7 cm³/mol. The highest BCUT2D eigenvalue weighted by Gasteiger charge is 2.32. The third-order valence-corrected chi connectivity index (χ3v) is 2.85. The highest BCUT2D eigenvalue weighted by atomic mass is 16.7. The first-order chi connectivity index (χ1) is 10.4. The molecule has 0 spiro atoms. The van der Waals surface area contributed by atoms with Crippen molar-refractivity contribution in [2.45, 2.75) is 39.0 Å². The second-order valence-corrected chi connectivity index (χ2v) is 4.60. The Morgan fingerprint density at radius 2 is 1.55 bits per heavy atom. The molecule has 0 bridgehead atoms. The van der Waals surface area contributed by atoms with E-state index in [0.29, 0.717) is 11.5 Å². The first-order valence-electron chi connectivity index (χ1n) is 7.04. The van der Waals surface area contributed by atoms with E-state index in [2.05, 4.69) is 15.5 Å². The third-order valence-electron chi connectivity index (χ3n) is 2.85. The zero-order chi connectivity index (χ0) is 16.5. The molecule has 1 saturated heterocycles. The van der Waals surface area contributed by atoms with Crippen LogP contribution >= 0.6 is 0 Å². The monoisotopic (exact) mass is 313 g/mol. The fourth-order valence-electron chi connectivity index (χ4n) is 1.64. The Morgan fingerprint density at radius 1 is 1.00 bits per heavy atom. The number of rotatable bonds is 8. The van der Waals surface area contributed by atoms with Crippen LogP contribution in [0.3, 0.4) is 0 Å². The van der Waals surface area contributed by atoms with Crippen molar-refractivity contribution in [1.82, 2.24) is 15.7 Å². The predicted octanol–water partition coefficient (Wildman–Crippen LogP) is -0.984. The molecule has 1 heterocycles. The normalized spacial score (nSPS) is 14.0. The Hall–Kier alpha value is -2.45. The number of nitrogens with one attached hydrogen (secondary N) is 2. The van der Waals surface area contributed by atoms with Gasteiger partial charge >= 0.3 is 5.97 Å². The van der Waals surface area contributed by atoms with Crippen molar-refractivity contribution < 1.29 is 28.8 Å². The lowest BCUT2D eigenvalue weighted by Crippen LogP contribution is -2.34. The Kier molecular flexibility index (Phi) is 7.00. The van der Waals surface area contributed by atoms with Crippen molar-refractivity contribution in [2.75, 3.05) is 13.1 Å². The van der Waals surface area contributed by atoms with Crippen LogP contribution in [0.5, 0.6) is 0 Å². The lowest BCUT2D eigenvalue weighted by molar-refractivity contribution is -0.197.